The Morgan fingerprint density at radius 1 is 1.14 bits per heavy atom. The van der Waals surface area contributed by atoms with Gasteiger partial charge in [-0.05, 0) is 33.0 Å². The molecular formula is C18H31FN2. The van der Waals surface area contributed by atoms with E-state index in [0.717, 1.165) is 38.5 Å². The first-order chi connectivity index (χ1) is 9.97. The minimum Gasteiger partial charge on any atom is -0.320 e. The van der Waals surface area contributed by atoms with Crippen LogP contribution in [0.4, 0.5) is 4.39 Å². The molecule has 0 saturated heterocycles. The zero-order chi connectivity index (χ0) is 15.9. The van der Waals surface area contributed by atoms with Gasteiger partial charge in [-0.15, -0.1) is 0 Å². The van der Waals surface area contributed by atoms with Gasteiger partial charge >= 0.3 is 0 Å². The van der Waals surface area contributed by atoms with Crippen molar-refractivity contribution in [3.63, 3.8) is 0 Å². The van der Waals surface area contributed by atoms with Crippen LogP contribution in [0, 0.1) is 5.82 Å². The van der Waals surface area contributed by atoms with Crippen molar-refractivity contribution < 1.29 is 4.39 Å². The molecule has 2 atom stereocenters. The van der Waals surface area contributed by atoms with Gasteiger partial charge in [0.05, 0.1) is 5.54 Å². The maximum atomic E-state index is 14.4. The van der Waals surface area contributed by atoms with Gasteiger partial charge in [-0.2, -0.15) is 0 Å². The predicted octanol–water partition coefficient (Wildman–Crippen LogP) is 4.29. The molecule has 3 heteroatoms. The Hall–Kier alpha value is -0.930. The van der Waals surface area contributed by atoms with E-state index in [1.54, 1.807) is 6.07 Å². The smallest absolute Gasteiger partial charge is 0.128 e. The van der Waals surface area contributed by atoms with E-state index < -0.39 is 5.54 Å². The number of halogens is 1. The van der Waals surface area contributed by atoms with E-state index in [9.17, 15) is 4.39 Å². The lowest BCUT2D eigenvalue weighted by Gasteiger charge is -2.42. The van der Waals surface area contributed by atoms with Gasteiger partial charge in [0.25, 0.3) is 0 Å². The topological polar surface area (TPSA) is 29.3 Å². The van der Waals surface area contributed by atoms with Crippen LogP contribution in [0.15, 0.2) is 24.3 Å². The van der Waals surface area contributed by atoms with Gasteiger partial charge in [0.15, 0.2) is 0 Å². The predicted molar refractivity (Wildman–Crippen MR) is 88.8 cm³/mol. The molecule has 0 heterocycles. The molecule has 1 rings (SSSR count). The third-order valence-corrected chi connectivity index (χ3v) is 4.37. The van der Waals surface area contributed by atoms with Gasteiger partial charge in [0.2, 0.25) is 0 Å². The van der Waals surface area contributed by atoms with Gasteiger partial charge in [0, 0.05) is 11.6 Å². The summed E-state index contributed by atoms with van der Waals surface area (Å²) >= 11 is 0. The molecule has 0 aliphatic carbocycles. The minimum absolute atomic E-state index is 0.154. The highest BCUT2D eigenvalue weighted by molar-refractivity contribution is 5.28. The highest BCUT2D eigenvalue weighted by Crippen LogP contribution is 2.34. The molecule has 2 unspecified atom stereocenters. The van der Waals surface area contributed by atoms with Crippen molar-refractivity contribution in [1.82, 2.24) is 4.90 Å². The third-order valence-electron chi connectivity index (χ3n) is 4.37. The lowest BCUT2D eigenvalue weighted by atomic mass is 9.76. The molecule has 0 amide bonds. The molecule has 0 radical (unpaired) electrons. The first-order valence-electron chi connectivity index (χ1n) is 8.17. The van der Waals surface area contributed by atoms with Crippen molar-refractivity contribution >= 4 is 0 Å². The Bertz CT molecular complexity index is 419. The Morgan fingerprint density at radius 3 is 2.29 bits per heavy atom. The van der Waals surface area contributed by atoms with Crippen LogP contribution in [-0.4, -0.2) is 25.0 Å². The SMILES string of the molecule is CCCCC(N(C)C)C(N)(CCCC)c1ccccc1F. The molecule has 0 aliphatic heterocycles. The molecular weight excluding hydrogens is 263 g/mol. The maximum Gasteiger partial charge on any atom is 0.128 e. The number of hydrogen-bond donors (Lipinski definition) is 1. The highest BCUT2D eigenvalue weighted by atomic mass is 19.1. The van der Waals surface area contributed by atoms with Gasteiger partial charge in [0.1, 0.15) is 5.82 Å². The average molecular weight is 294 g/mol. The fourth-order valence-electron chi connectivity index (χ4n) is 3.16. The molecule has 0 aliphatic rings. The molecule has 0 bridgehead atoms. The molecule has 2 nitrogen and oxygen atoms in total. The van der Waals surface area contributed by atoms with E-state index in [0.29, 0.717) is 5.56 Å². The fraction of sp³-hybridized carbons (Fsp3) is 0.667. The number of rotatable bonds is 9. The molecule has 21 heavy (non-hydrogen) atoms. The summed E-state index contributed by atoms with van der Waals surface area (Å²) in [5.41, 5.74) is 6.85. The molecule has 0 aromatic heterocycles. The van der Waals surface area contributed by atoms with Crippen LogP contribution in [0.3, 0.4) is 0 Å². The zero-order valence-corrected chi connectivity index (χ0v) is 14.0. The van der Waals surface area contributed by atoms with Crippen LogP contribution >= 0.6 is 0 Å². The van der Waals surface area contributed by atoms with Gasteiger partial charge in [-0.3, -0.25) is 0 Å². The normalized spacial score (nSPS) is 16.0. The van der Waals surface area contributed by atoms with Crippen molar-refractivity contribution in [2.45, 2.75) is 64.0 Å². The van der Waals surface area contributed by atoms with Crippen LogP contribution in [0.25, 0.3) is 0 Å². The van der Waals surface area contributed by atoms with Crippen LogP contribution in [0.2, 0.25) is 0 Å². The number of benzene rings is 1. The third kappa shape index (κ3) is 4.52. The first kappa shape index (κ1) is 18.1. The number of hydrogen-bond acceptors (Lipinski definition) is 2. The quantitative estimate of drug-likeness (QED) is 0.736. The van der Waals surface area contributed by atoms with Crippen molar-refractivity contribution in [2.75, 3.05) is 14.1 Å². The van der Waals surface area contributed by atoms with Crippen molar-refractivity contribution in [3.05, 3.63) is 35.6 Å². The van der Waals surface area contributed by atoms with Gasteiger partial charge < -0.3 is 10.6 Å². The fourth-order valence-corrected chi connectivity index (χ4v) is 3.16. The van der Waals surface area contributed by atoms with E-state index in [1.165, 1.54) is 6.07 Å². The average Bonchev–Trinajstić information content (AvgIpc) is 2.45. The number of nitrogens with two attached hydrogens (primary N) is 1. The van der Waals surface area contributed by atoms with Crippen LogP contribution in [0.1, 0.15) is 57.9 Å². The van der Waals surface area contributed by atoms with E-state index >= 15 is 0 Å². The van der Waals surface area contributed by atoms with E-state index in [4.69, 9.17) is 5.73 Å². The van der Waals surface area contributed by atoms with E-state index in [1.807, 2.05) is 12.1 Å². The monoisotopic (exact) mass is 294 g/mol. The van der Waals surface area contributed by atoms with Gasteiger partial charge in [-0.1, -0.05) is 57.7 Å². The molecule has 1 aromatic carbocycles. The van der Waals surface area contributed by atoms with Crippen LogP contribution in [0.5, 0.6) is 0 Å². The van der Waals surface area contributed by atoms with E-state index in [2.05, 4.69) is 32.8 Å². The summed E-state index contributed by atoms with van der Waals surface area (Å²) in [6, 6.07) is 7.15. The van der Waals surface area contributed by atoms with E-state index in [-0.39, 0.29) is 11.9 Å². The molecule has 0 spiro atoms. The summed E-state index contributed by atoms with van der Waals surface area (Å²) < 4.78 is 14.4. The summed E-state index contributed by atoms with van der Waals surface area (Å²) in [7, 11) is 4.10. The van der Waals surface area contributed by atoms with Crippen molar-refractivity contribution in [1.29, 1.82) is 0 Å². The highest BCUT2D eigenvalue weighted by Gasteiger charge is 2.38. The van der Waals surface area contributed by atoms with Crippen LogP contribution < -0.4 is 5.73 Å². The summed E-state index contributed by atoms with van der Waals surface area (Å²) in [6.45, 7) is 4.33. The summed E-state index contributed by atoms with van der Waals surface area (Å²) in [5.74, 6) is -0.181. The number of unbranched alkanes of at least 4 members (excludes halogenated alkanes) is 2. The Kier molecular flexibility index (Phi) is 7.33. The summed E-state index contributed by atoms with van der Waals surface area (Å²) in [5, 5.41) is 0. The Balaban J connectivity index is 3.19. The second-order valence-corrected chi connectivity index (χ2v) is 6.25. The molecule has 2 N–H and O–H groups in total. The maximum absolute atomic E-state index is 14.4. The second kappa shape index (κ2) is 8.50. The molecule has 0 fully saturated rings. The molecule has 0 saturated carbocycles. The van der Waals surface area contributed by atoms with Crippen molar-refractivity contribution in [3.8, 4) is 0 Å². The molecule has 1 aromatic rings. The molecule has 120 valence electrons. The zero-order valence-electron chi connectivity index (χ0n) is 14.0. The summed E-state index contributed by atoms with van der Waals surface area (Å²) in [4.78, 5) is 2.16. The van der Waals surface area contributed by atoms with Gasteiger partial charge in [-0.25, -0.2) is 4.39 Å². The number of likely N-dealkylation sites (N-methyl/N-ethyl adjacent to an activating group) is 1. The number of nitrogens with zero attached hydrogens (tertiary/aromatic N) is 1. The van der Waals surface area contributed by atoms with Crippen molar-refractivity contribution in [2.24, 2.45) is 5.73 Å². The Morgan fingerprint density at radius 2 is 1.76 bits per heavy atom. The summed E-state index contributed by atoms with van der Waals surface area (Å²) in [6.07, 6.45) is 6.14. The largest absolute Gasteiger partial charge is 0.320 e. The Labute approximate surface area is 129 Å². The lowest BCUT2D eigenvalue weighted by Crippen LogP contribution is -2.54. The van der Waals surface area contributed by atoms with Crippen LogP contribution in [-0.2, 0) is 5.54 Å². The standard InChI is InChI=1S/C18H31FN2/c1-5-7-13-17(21(3)4)18(20,14-8-6-2)15-11-9-10-12-16(15)19/h9-12,17H,5-8,13-14,20H2,1-4H3. The second-order valence-electron chi connectivity index (χ2n) is 6.25. The first-order valence-corrected chi connectivity index (χ1v) is 8.17. The minimum atomic E-state index is -0.625. The lowest BCUT2D eigenvalue weighted by molar-refractivity contribution is 0.147.